The minimum atomic E-state index is -3.42. The van der Waals surface area contributed by atoms with Crippen LogP contribution in [0.15, 0.2) is 24.3 Å². The van der Waals surface area contributed by atoms with Crippen molar-refractivity contribution < 1.29 is 18.0 Å². The number of benzene rings is 1. The van der Waals surface area contributed by atoms with E-state index in [1.54, 1.807) is 4.90 Å². The Morgan fingerprint density at radius 2 is 2.00 bits per heavy atom. The summed E-state index contributed by atoms with van der Waals surface area (Å²) in [6, 6.07) is 7.81. The van der Waals surface area contributed by atoms with Crippen molar-refractivity contribution >= 4 is 27.3 Å². The van der Waals surface area contributed by atoms with Gasteiger partial charge in [0.1, 0.15) is 5.25 Å². The van der Waals surface area contributed by atoms with Gasteiger partial charge in [-0.25, -0.2) is 8.42 Å². The number of hydrogen-bond donors (Lipinski definition) is 1. The summed E-state index contributed by atoms with van der Waals surface area (Å²) in [5.74, 6) is -0.635. The van der Waals surface area contributed by atoms with Gasteiger partial charge >= 0.3 is 0 Å². The highest BCUT2D eigenvalue weighted by Gasteiger charge is 2.24. The molecule has 2 rings (SSSR count). The molecule has 0 bridgehead atoms. The maximum atomic E-state index is 12.4. The number of nitrogens with zero attached hydrogens (tertiary/aromatic N) is 1. The van der Waals surface area contributed by atoms with Crippen LogP contribution >= 0.6 is 0 Å². The standard InChI is InChI=1S/C16H22N2O4S/c1-12(23(2,21)22)16(20)17-10-9-15(19)18-11-5-7-13-6-3-4-8-14(13)18/h3-4,6,8,12H,5,7,9-11H2,1-2H3,(H,17,20). The Hall–Kier alpha value is -1.89. The van der Waals surface area contributed by atoms with Crippen molar-refractivity contribution in [3.05, 3.63) is 29.8 Å². The number of sulfone groups is 1. The van der Waals surface area contributed by atoms with Gasteiger partial charge in [0.2, 0.25) is 11.8 Å². The van der Waals surface area contributed by atoms with Crippen LogP contribution in [0.5, 0.6) is 0 Å². The summed E-state index contributed by atoms with van der Waals surface area (Å²) < 4.78 is 22.6. The lowest BCUT2D eigenvalue weighted by molar-refractivity contribution is -0.121. The predicted octanol–water partition coefficient (Wildman–Crippen LogP) is 0.905. The summed E-state index contributed by atoms with van der Waals surface area (Å²) >= 11 is 0. The predicted molar refractivity (Wildman–Crippen MR) is 89.0 cm³/mol. The van der Waals surface area contributed by atoms with Gasteiger partial charge in [-0.05, 0) is 31.4 Å². The molecule has 0 aliphatic carbocycles. The molecule has 0 saturated carbocycles. The third-order valence-corrected chi connectivity index (χ3v) is 5.56. The second-order valence-corrected chi connectivity index (χ2v) is 8.16. The zero-order valence-electron chi connectivity index (χ0n) is 13.4. The van der Waals surface area contributed by atoms with Gasteiger partial charge in [-0.15, -0.1) is 0 Å². The van der Waals surface area contributed by atoms with Gasteiger partial charge in [-0.2, -0.15) is 0 Å². The monoisotopic (exact) mass is 338 g/mol. The Bertz CT molecular complexity index is 700. The number of carbonyl (C=O) groups is 2. The molecular formula is C16H22N2O4S. The first-order valence-electron chi connectivity index (χ1n) is 7.65. The van der Waals surface area contributed by atoms with Gasteiger partial charge in [0.15, 0.2) is 9.84 Å². The topological polar surface area (TPSA) is 83.6 Å². The van der Waals surface area contributed by atoms with Gasteiger partial charge in [-0.3, -0.25) is 9.59 Å². The number of rotatable bonds is 5. The van der Waals surface area contributed by atoms with Crippen LogP contribution in [-0.2, 0) is 25.8 Å². The average Bonchev–Trinajstić information content (AvgIpc) is 2.52. The Morgan fingerprint density at radius 3 is 2.70 bits per heavy atom. The summed E-state index contributed by atoms with van der Waals surface area (Å²) in [4.78, 5) is 25.8. The van der Waals surface area contributed by atoms with E-state index in [0.717, 1.165) is 30.3 Å². The van der Waals surface area contributed by atoms with E-state index >= 15 is 0 Å². The van der Waals surface area contributed by atoms with E-state index in [1.165, 1.54) is 6.92 Å². The molecule has 6 nitrogen and oxygen atoms in total. The molecule has 23 heavy (non-hydrogen) atoms. The van der Waals surface area contributed by atoms with Crippen LogP contribution in [0.25, 0.3) is 0 Å². The second-order valence-electron chi connectivity index (χ2n) is 5.79. The maximum Gasteiger partial charge on any atom is 0.238 e. The fraction of sp³-hybridized carbons (Fsp3) is 0.500. The van der Waals surface area contributed by atoms with Gasteiger partial charge in [0.25, 0.3) is 0 Å². The lowest BCUT2D eigenvalue weighted by Crippen LogP contribution is -2.41. The molecule has 7 heteroatoms. The molecule has 0 aromatic heterocycles. The molecule has 0 radical (unpaired) electrons. The van der Waals surface area contributed by atoms with Crippen LogP contribution in [-0.4, -0.2) is 44.8 Å². The van der Waals surface area contributed by atoms with E-state index in [0.29, 0.717) is 6.54 Å². The van der Waals surface area contributed by atoms with Gasteiger partial charge in [0, 0.05) is 31.5 Å². The Balaban J connectivity index is 1.90. The third-order valence-electron chi connectivity index (χ3n) is 4.06. The summed E-state index contributed by atoms with van der Waals surface area (Å²) in [6.45, 7) is 2.15. The zero-order chi connectivity index (χ0) is 17.0. The molecule has 1 unspecified atom stereocenters. The number of nitrogens with one attached hydrogen (secondary N) is 1. The van der Waals surface area contributed by atoms with Crippen LogP contribution in [0, 0.1) is 0 Å². The molecule has 1 aliphatic rings. The maximum absolute atomic E-state index is 12.4. The van der Waals surface area contributed by atoms with E-state index in [9.17, 15) is 18.0 Å². The quantitative estimate of drug-likeness (QED) is 0.865. The largest absolute Gasteiger partial charge is 0.354 e. The van der Waals surface area contributed by atoms with Crippen molar-refractivity contribution in [3.63, 3.8) is 0 Å². The minimum Gasteiger partial charge on any atom is -0.354 e. The highest BCUT2D eigenvalue weighted by atomic mass is 32.2. The molecule has 2 amide bonds. The smallest absolute Gasteiger partial charge is 0.238 e. The third kappa shape index (κ3) is 4.31. The molecule has 1 aliphatic heterocycles. The highest BCUT2D eigenvalue weighted by Crippen LogP contribution is 2.26. The Morgan fingerprint density at radius 1 is 1.30 bits per heavy atom. The van der Waals surface area contributed by atoms with Crippen LogP contribution < -0.4 is 10.2 Å². The number of aryl methyl sites for hydroxylation is 1. The van der Waals surface area contributed by atoms with E-state index in [-0.39, 0.29) is 18.9 Å². The van der Waals surface area contributed by atoms with E-state index in [2.05, 4.69) is 5.32 Å². The molecule has 1 aromatic carbocycles. The Kier molecular flexibility index (Phi) is 5.41. The normalized spacial score (nSPS) is 15.7. The first kappa shape index (κ1) is 17.5. The molecule has 0 saturated heterocycles. The first-order chi connectivity index (χ1) is 10.8. The summed E-state index contributed by atoms with van der Waals surface area (Å²) in [7, 11) is -3.42. The molecule has 1 aromatic rings. The van der Waals surface area contributed by atoms with Gasteiger partial charge in [0.05, 0.1) is 0 Å². The summed E-state index contributed by atoms with van der Waals surface area (Å²) in [5, 5.41) is 1.41. The molecule has 0 spiro atoms. The number of anilines is 1. The molecule has 0 fully saturated rings. The number of para-hydroxylation sites is 1. The van der Waals surface area contributed by atoms with E-state index in [4.69, 9.17) is 0 Å². The first-order valence-corrected chi connectivity index (χ1v) is 9.61. The van der Waals surface area contributed by atoms with Crippen molar-refractivity contribution in [1.29, 1.82) is 0 Å². The molecule has 126 valence electrons. The minimum absolute atomic E-state index is 0.0653. The average molecular weight is 338 g/mol. The molecule has 1 heterocycles. The van der Waals surface area contributed by atoms with E-state index < -0.39 is 21.0 Å². The highest BCUT2D eigenvalue weighted by molar-refractivity contribution is 7.92. The fourth-order valence-electron chi connectivity index (χ4n) is 2.56. The van der Waals surface area contributed by atoms with Crippen molar-refractivity contribution in [2.45, 2.75) is 31.4 Å². The van der Waals surface area contributed by atoms with Gasteiger partial charge in [-0.1, -0.05) is 18.2 Å². The molecule has 1 atom stereocenters. The van der Waals surface area contributed by atoms with Crippen LogP contribution in [0.4, 0.5) is 5.69 Å². The van der Waals surface area contributed by atoms with Crippen LogP contribution in [0.2, 0.25) is 0 Å². The SMILES string of the molecule is CC(C(=O)NCCC(=O)N1CCCc2ccccc21)S(C)(=O)=O. The Labute approximate surface area is 136 Å². The number of hydrogen-bond acceptors (Lipinski definition) is 4. The van der Waals surface area contributed by atoms with Crippen molar-refractivity contribution in [1.82, 2.24) is 5.32 Å². The number of amides is 2. The molecular weight excluding hydrogens is 316 g/mol. The second kappa shape index (κ2) is 7.12. The summed E-state index contributed by atoms with van der Waals surface area (Å²) in [6.07, 6.45) is 3.05. The van der Waals surface area contributed by atoms with Gasteiger partial charge < -0.3 is 10.2 Å². The van der Waals surface area contributed by atoms with Crippen molar-refractivity contribution in [2.24, 2.45) is 0 Å². The summed E-state index contributed by atoms with van der Waals surface area (Å²) in [5.41, 5.74) is 2.08. The lowest BCUT2D eigenvalue weighted by Gasteiger charge is -2.29. The van der Waals surface area contributed by atoms with Crippen molar-refractivity contribution in [2.75, 3.05) is 24.2 Å². The zero-order valence-corrected chi connectivity index (χ0v) is 14.2. The van der Waals surface area contributed by atoms with Crippen LogP contribution in [0.3, 0.4) is 0 Å². The lowest BCUT2D eigenvalue weighted by atomic mass is 10.0. The van der Waals surface area contributed by atoms with E-state index in [1.807, 2.05) is 24.3 Å². The number of carbonyl (C=O) groups excluding carboxylic acids is 2. The van der Waals surface area contributed by atoms with Crippen molar-refractivity contribution in [3.8, 4) is 0 Å². The number of fused-ring (bicyclic) bond motifs is 1. The fourth-order valence-corrected chi connectivity index (χ4v) is 3.03. The van der Waals surface area contributed by atoms with Crippen LogP contribution in [0.1, 0.15) is 25.3 Å². The molecule has 1 N–H and O–H groups in total.